The quantitative estimate of drug-likeness (QED) is 0.0619. The lowest BCUT2D eigenvalue weighted by atomic mass is 9.80. The van der Waals surface area contributed by atoms with E-state index in [0.717, 1.165) is 47.5 Å². The van der Waals surface area contributed by atoms with Crippen molar-refractivity contribution in [3.8, 4) is 11.5 Å². The summed E-state index contributed by atoms with van der Waals surface area (Å²) in [5.74, 6) is 1.56. The van der Waals surface area contributed by atoms with Crippen LogP contribution in [0.3, 0.4) is 0 Å². The number of hydrogen-bond donors (Lipinski definition) is 1. The zero-order valence-electron chi connectivity index (χ0n) is 28.2. The minimum absolute atomic E-state index is 0.549. The second-order valence-corrected chi connectivity index (χ2v) is 12.3. The molecule has 3 aromatic carbocycles. The van der Waals surface area contributed by atoms with E-state index >= 15 is 0 Å². The van der Waals surface area contributed by atoms with Crippen LogP contribution >= 0.6 is 0 Å². The second-order valence-electron chi connectivity index (χ2n) is 12.3. The van der Waals surface area contributed by atoms with E-state index in [2.05, 4.69) is 19.1 Å². The molecule has 0 aliphatic carbocycles. The third-order valence-corrected chi connectivity index (χ3v) is 8.82. The predicted molar refractivity (Wildman–Crippen MR) is 188 cm³/mol. The molecule has 4 heteroatoms. The summed E-state index contributed by atoms with van der Waals surface area (Å²) in [6.45, 7) is 2.28. The molecule has 45 heavy (non-hydrogen) atoms. The van der Waals surface area contributed by atoms with Crippen LogP contribution in [0, 0.1) is 0 Å². The van der Waals surface area contributed by atoms with Crippen molar-refractivity contribution in [1.82, 2.24) is 0 Å². The zero-order chi connectivity index (χ0) is 32.0. The number of methoxy groups -OCH3 is 2. The van der Waals surface area contributed by atoms with Crippen molar-refractivity contribution in [3.63, 3.8) is 0 Å². The number of rotatable bonds is 24. The Morgan fingerprint density at radius 2 is 0.956 bits per heavy atom. The lowest BCUT2D eigenvalue weighted by molar-refractivity contribution is 0.0934. The molecule has 0 amide bonds. The molecule has 246 valence electrons. The van der Waals surface area contributed by atoms with E-state index in [1.165, 1.54) is 83.5 Å². The minimum Gasteiger partial charge on any atom is -0.497 e. The fraction of sp³-hybridized carbons (Fsp3) is 0.512. The van der Waals surface area contributed by atoms with Crippen LogP contribution in [-0.2, 0) is 10.3 Å². The van der Waals surface area contributed by atoms with E-state index in [1.54, 1.807) is 26.6 Å². The van der Waals surface area contributed by atoms with Crippen LogP contribution in [0.15, 0.2) is 91.2 Å². The van der Waals surface area contributed by atoms with Crippen LogP contribution < -0.4 is 9.47 Å². The van der Waals surface area contributed by atoms with Gasteiger partial charge in [-0.15, -0.1) is 0 Å². The summed E-state index contributed by atoms with van der Waals surface area (Å²) >= 11 is 0. The standard InChI is InChI=1S/C41H58O4/c1-4-5-6-7-8-9-10-11-12-13-14-15-16-17-21-24-38(42)33-34-45-41(35-22-19-18-20-23-35,36-25-29-39(43-2)30-26-36)37-27-31-40(44-3)32-28-37/h18-20,22-23,25-34,38,42H,4-17,21,24H2,1-3H3/b34-33+. The van der Waals surface area contributed by atoms with Crippen LogP contribution in [0.2, 0.25) is 0 Å². The van der Waals surface area contributed by atoms with Crippen molar-refractivity contribution >= 4 is 0 Å². The number of aliphatic hydroxyl groups excluding tert-OH is 1. The minimum atomic E-state index is -0.926. The molecule has 0 radical (unpaired) electrons. The Morgan fingerprint density at radius 1 is 0.556 bits per heavy atom. The van der Waals surface area contributed by atoms with Crippen LogP contribution in [0.1, 0.15) is 126 Å². The monoisotopic (exact) mass is 614 g/mol. The topological polar surface area (TPSA) is 47.9 Å². The van der Waals surface area contributed by atoms with E-state index in [4.69, 9.17) is 14.2 Å². The van der Waals surface area contributed by atoms with Gasteiger partial charge in [0, 0.05) is 16.7 Å². The summed E-state index contributed by atoms with van der Waals surface area (Å²) in [6, 6.07) is 26.2. The molecule has 0 bridgehead atoms. The lowest BCUT2D eigenvalue weighted by Gasteiger charge is -2.35. The number of ether oxygens (including phenoxy) is 3. The molecule has 1 atom stereocenters. The first-order valence-electron chi connectivity index (χ1n) is 17.5. The molecule has 1 N–H and O–H groups in total. The zero-order valence-corrected chi connectivity index (χ0v) is 28.2. The molecule has 1 unspecified atom stereocenters. The largest absolute Gasteiger partial charge is 0.497 e. The van der Waals surface area contributed by atoms with Gasteiger partial charge in [0.2, 0.25) is 0 Å². The molecule has 0 aliphatic heterocycles. The first kappa shape index (κ1) is 36.2. The van der Waals surface area contributed by atoms with Crippen molar-refractivity contribution in [2.75, 3.05) is 14.2 Å². The van der Waals surface area contributed by atoms with E-state index in [0.29, 0.717) is 0 Å². The summed E-state index contributed by atoms with van der Waals surface area (Å²) < 4.78 is 17.6. The van der Waals surface area contributed by atoms with Gasteiger partial charge < -0.3 is 19.3 Å². The molecule has 0 aromatic heterocycles. The van der Waals surface area contributed by atoms with Crippen molar-refractivity contribution in [2.45, 2.75) is 121 Å². The molecule has 4 nitrogen and oxygen atoms in total. The summed E-state index contributed by atoms with van der Waals surface area (Å²) in [5, 5.41) is 10.8. The molecule has 0 saturated heterocycles. The van der Waals surface area contributed by atoms with Crippen molar-refractivity contribution in [3.05, 3.63) is 108 Å². The maximum Gasteiger partial charge on any atom is 0.183 e. The van der Waals surface area contributed by atoms with E-state index in [9.17, 15) is 5.11 Å². The average Bonchev–Trinajstić information content (AvgIpc) is 3.09. The number of aliphatic hydroxyl groups is 1. The molecular formula is C41H58O4. The van der Waals surface area contributed by atoms with Crippen LogP contribution in [0.4, 0.5) is 0 Å². The Kier molecular flexibility index (Phi) is 17.3. The third-order valence-electron chi connectivity index (χ3n) is 8.82. The Balaban J connectivity index is 1.50. The normalized spacial score (nSPS) is 12.4. The SMILES string of the molecule is CCCCCCCCCCCCCCCCCC(O)/C=C/OC(c1ccccc1)(c1ccc(OC)cc1)c1ccc(OC)cc1. The van der Waals surface area contributed by atoms with Gasteiger partial charge in [0.15, 0.2) is 5.60 Å². The summed E-state index contributed by atoms with van der Waals surface area (Å²) in [5.41, 5.74) is 1.98. The highest BCUT2D eigenvalue weighted by Crippen LogP contribution is 2.42. The second kappa shape index (κ2) is 21.5. The van der Waals surface area contributed by atoms with E-state index in [-0.39, 0.29) is 0 Å². The van der Waals surface area contributed by atoms with Gasteiger partial charge in [-0.3, -0.25) is 0 Å². The first-order valence-corrected chi connectivity index (χ1v) is 17.5. The smallest absolute Gasteiger partial charge is 0.183 e. The van der Waals surface area contributed by atoms with Gasteiger partial charge in [0.25, 0.3) is 0 Å². The molecule has 0 saturated carbocycles. The van der Waals surface area contributed by atoms with Gasteiger partial charge in [-0.2, -0.15) is 0 Å². The van der Waals surface area contributed by atoms with Gasteiger partial charge >= 0.3 is 0 Å². The lowest BCUT2D eigenvalue weighted by Crippen LogP contribution is -2.31. The van der Waals surface area contributed by atoms with Crippen molar-refractivity contribution in [2.24, 2.45) is 0 Å². The third kappa shape index (κ3) is 12.2. The molecule has 3 rings (SSSR count). The van der Waals surface area contributed by atoms with Gasteiger partial charge in [-0.05, 0) is 36.8 Å². The highest BCUT2D eigenvalue weighted by Gasteiger charge is 2.38. The molecule has 3 aromatic rings. The maximum atomic E-state index is 10.8. The molecule has 0 spiro atoms. The summed E-state index contributed by atoms with van der Waals surface area (Å²) in [4.78, 5) is 0. The summed E-state index contributed by atoms with van der Waals surface area (Å²) in [7, 11) is 3.34. The molecule has 0 heterocycles. The number of hydrogen-bond acceptors (Lipinski definition) is 4. The predicted octanol–water partition coefficient (Wildman–Crippen LogP) is 11.1. The average molecular weight is 615 g/mol. The molecule has 0 aliphatic rings. The summed E-state index contributed by atoms with van der Waals surface area (Å²) in [6.07, 6.45) is 23.7. The van der Waals surface area contributed by atoms with Crippen molar-refractivity contribution < 1.29 is 19.3 Å². The highest BCUT2D eigenvalue weighted by molar-refractivity contribution is 5.50. The Bertz CT molecular complexity index is 1120. The van der Waals surface area contributed by atoms with Crippen LogP contribution in [0.5, 0.6) is 11.5 Å². The van der Waals surface area contributed by atoms with Crippen LogP contribution in [-0.4, -0.2) is 25.4 Å². The fourth-order valence-electron chi connectivity index (χ4n) is 6.08. The maximum absolute atomic E-state index is 10.8. The van der Waals surface area contributed by atoms with Crippen molar-refractivity contribution in [1.29, 1.82) is 0 Å². The van der Waals surface area contributed by atoms with Gasteiger partial charge in [-0.25, -0.2) is 0 Å². The van der Waals surface area contributed by atoms with Gasteiger partial charge in [0.05, 0.1) is 26.6 Å². The van der Waals surface area contributed by atoms with E-state index in [1.807, 2.05) is 66.7 Å². The van der Waals surface area contributed by atoms with Gasteiger partial charge in [-0.1, -0.05) is 158 Å². The Labute approximate surface area is 273 Å². The Morgan fingerprint density at radius 3 is 1.38 bits per heavy atom. The van der Waals surface area contributed by atoms with Gasteiger partial charge in [0.1, 0.15) is 11.5 Å². The highest BCUT2D eigenvalue weighted by atomic mass is 16.5. The first-order chi connectivity index (χ1) is 22.1. The van der Waals surface area contributed by atoms with Crippen LogP contribution in [0.25, 0.3) is 0 Å². The number of unbranched alkanes of at least 4 members (excludes halogenated alkanes) is 14. The fourth-order valence-corrected chi connectivity index (χ4v) is 6.08. The van der Waals surface area contributed by atoms with E-state index < -0.39 is 11.7 Å². The molecule has 0 fully saturated rings. The Hall–Kier alpha value is -3.24. The molecular weight excluding hydrogens is 556 g/mol. The number of benzene rings is 3.